The predicted molar refractivity (Wildman–Crippen MR) is 75.1 cm³/mol. The van der Waals surface area contributed by atoms with E-state index in [0.717, 1.165) is 38.5 Å². The summed E-state index contributed by atoms with van der Waals surface area (Å²) in [5.41, 5.74) is 0. The van der Waals surface area contributed by atoms with E-state index >= 15 is 0 Å². The van der Waals surface area contributed by atoms with Gasteiger partial charge in [0.1, 0.15) is 0 Å². The first-order chi connectivity index (χ1) is 8.67. The second kappa shape index (κ2) is 8.92. The Morgan fingerprint density at radius 1 is 0.944 bits per heavy atom. The van der Waals surface area contributed by atoms with Crippen LogP contribution in [0, 0.1) is 0 Å². The smallest absolute Gasteiger partial charge is 0.270 e. The summed E-state index contributed by atoms with van der Waals surface area (Å²) in [7, 11) is -3.28. The first kappa shape index (κ1) is 16.0. The van der Waals surface area contributed by atoms with Crippen molar-refractivity contribution in [1.29, 1.82) is 0 Å². The molecule has 0 N–H and O–H groups in total. The van der Waals surface area contributed by atoms with Crippen LogP contribution in [0.1, 0.15) is 77.6 Å². The fourth-order valence-electron chi connectivity index (χ4n) is 2.51. The summed E-state index contributed by atoms with van der Waals surface area (Å²) in [5, 5.41) is -0.230. The number of unbranched alkanes of at least 4 members (excludes halogenated alkanes) is 5. The van der Waals surface area contributed by atoms with Crippen LogP contribution in [-0.2, 0) is 14.3 Å². The van der Waals surface area contributed by atoms with Gasteiger partial charge in [-0.1, -0.05) is 58.3 Å². The van der Waals surface area contributed by atoms with Crippen molar-refractivity contribution in [3.05, 3.63) is 0 Å². The van der Waals surface area contributed by atoms with Gasteiger partial charge in [-0.25, -0.2) is 0 Å². The van der Waals surface area contributed by atoms with Gasteiger partial charge in [0.2, 0.25) is 0 Å². The van der Waals surface area contributed by atoms with Crippen molar-refractivity contribution in [3.8, 4) is 0 Å². The zero-order chi connectivity index (χ0) is 13.3. The zero-order valence-electron chi connectivity index (χ0n) is 11.7. The Morgan fingerprint density at radius 2 is 1.56 bits per heavy atom. The monoisotopic (exact) mass is 276 g/mol. The summed E-state index contributed by atoms with van der Waals surface area (Å²) in [4.78, 5) is 0. The molecule has 0 aromatic carbocycles. The summed E-state index contributed by atoms with van der Waals surface area (Å²) < 4.78 is 28.9. The quantitative estimate of drug-likeness (QED) is 0.472. The van der Waals surface area contributed by atoms with E-state index in [0.29, 0.717) is 6.61 Å². The first-order valence-corrected chi connectivity index (χ1v) is 9.02. The fraction of sp³-hybridized carbons (Fsp3) is 1.00. The molecule has 0 radical (unpaired) electrons. The van der Waals surface area contributed by atoms with Gasteiger partial charge in [-0.05, 0) is 19.3 Å². The standard InChI is InChI=1S/C14H28O3S/c1-2-3-4-5-6-10-13-17-18(15,16)14-11-8-7-9-12-14/h14H,2-13H2,1H3. The molecule has 18 heavy (non-hydrogen) atoms. The van der Waals surface area contributed by atoms with Crippen LogP contribution in [0.25, 0.3) is 0 Å². The Kier molecular flexibility index (Phi) is 7.91. The van der Waals surface area contributed by atoms with Gasteiger partial charge >= 0.3 is 0 Å². The third-order valence-corrected chi connectivity index (χ3v) is 5.49. The summed E-state index contributed by atoms with van der Waals surface area (Å²) in [6.07, 6.45) is 11.7. The van der Waals surface area contributed by atoms with Gasteiger partial charge in [0, 0.05) is 0 Å². The van der Waals surface area contributed by atoms with Gasteiger partial charge in [-0.15, -0.1) is 0 Å². The third-order valence-electron chi connectivity index (χ3n) is 3.71. The van der Waals surface area contributed by atoms with Crippen LogP contribution in [-0.4, -0.2) is 20.3 Å². The van der Waals surface area contributed by atoms with E-state index in [2.05, 4.69) is 6.92 Å². The van der Waals surface area contributed by atoms with Crippen LogP contribution in [0.15, 0.2) is 0 Å². The molecule has 0 atom stereocenters. The molecule has 0 aliphatic heterocycles. The molecule has 1 rings (SSSR count). The Hall–Kier alpha value is -0.0900. The average Bonchev–Trinajstić information content (AvgIpc) is 2.39. The van der Waals surface area contributed by atoms with Crippen molar-refractivity contribution in [3.63, 3.8) is 0 Å². The number of hydrogen-bond acceptors (Lipinski definition) is 3. The van der Waals surface area contributed by atoms with Gasteiger partial charge in [0.25, 0.3) is 10.1 Å². The molecule has 0 saturated heterocycles. The lowest BCUT2D eigenvalue weighted by Gasteiger charge is -2.21. The predicted octanol–water partition coefficient (Wildman–Crippen LogP) is 4.03. The third kappa shape index (κ3) is 6.19. The van der Waals surface area contributed by atoms with Crippen molar-refractivity contribution in [1.82, 2.24) is 0 Å². The minimum atomic E-state index is -3.28. The van der Waals surface area contributed by atoms with Crippen molar-refractivity contribution in [2.75, 3.05) is 6.61 Å². The largest absolute Gasteiger partial charge is 0.270 e. The Bertz CT molecular complexity index is 292. The highest BCUT2D eigenvalue weighted by molar-refractivity contribution is 7.87. The second-order valence-corrected chi connectivity index (χ2v) is 7.23. The maximum absolute atomic E-state index is 11.9. The lowest BCUT2D eigenvalue weighted by Crippen LogP contribution is -2.26. The van der Waals surface area contributed by atoms with Gasteiger partial charge in [-0.2, -0.15) is 8.42 Å². The van der Waals surface area contributed by atoms with E-state index in [1.165, 1.54) is 32.1 Å². The molecule has 4 heteroatoms. The molecule has 0 spiro atoms. The molecule has 1 fully saturated rings. The molecule has 0 heterocycles. The molecular weight excluding hydrogens is 248 g/mol. The van der Waals surface area contributed by atoms with E-state index in [9.17, 15) is 8.42 Å². The van der Waals surface area contributed by atoms with Crippen LogP contribution >= 0.6 is 0 Å². The van der Waals surface area contributed by atoms with Gasteiger partial charge < -0.3 is 0 Å². The molecule has 0 amide bonds. The van der Waals surface area contributed by atoms with Crippen LogP contribution in [0.3, 0.4) is 0 Å². The highest BCUT2D eigenvalue weighted by atomic mass is 32.2. The molecule has 3 nitrogen and oxygen atoms in total. The summed E-state index contributed by atoms with van der Waals surface area (Å²) in [5.74, 6) is 0. The van der Waals surface area contributed by atoms with Crippen LogP contribution in [0.5, 0.6) is 0 Å². The molecule has 0 aromatic rings. The van der Waals surface area contributed by atoms with E-state index < -0.39 is 10.1 Å². The minimum Gasteiger partial charge on any atom is -0.270 e. The van der Waals surface area contributed by atoms with Crippen LogP contribution in [0.4, 0.5) is 0 Å². The molecule has 0 unspecified atom stereocenters. The fourth-order valence-corrected chi connectivity index (χ4v) is 3.96. The second-order valence-electron chi connectivity index (χ2n) is 5.34. The molecule has 0 aromatic heterocycles. The van der Waals surface area contributed by atoms with E-state index in [1.807, 2.05) is 0 Å². The molecule has 1 saturated carbocycles. The van der Waals surface area contributed by atoms with Crippen molar-refractivity contribution in [2.45, 2.75) is 82.8 Å². The molecule has 108 valence electrons. The van der Waals surface area contributed by atoms with Crippen molar-refractivity contribution >= 4 is 10.1 Å². The topological polar surface area (TPSA) is 43.4 Å². The van der Waals surface area contributed by atoms with Crippen LogP contribution < -0.4 is 0 Å². The van der Waals surface area contributed by atoms with Gasteiger partial charge in [-0.3, -0.25) is 4.18 Å². The highest BCUT2D eigenvalue weighted by Gasteiger charge is 2.27. The lowest BCUT2D eigenvalue weighted by atomic mass is 10.0. The summed E-state index contributed by atoms with van der Waals surface area (Å²) >= 11 is 0. The van der Waals surface area contributed by atoms with E-state index in [1.54, 1.807) is 0 Å². The highest BCUT2D eigenvalue weighted by Crippen LogP contribution is 2.24. The molecule has 1 aliphatic carbocycles. The Labute approximate surface area is 112 Å². The lowest BCUT2D eigenvalue weighted by molar-refractivity contribution is 0.293. The normalized spacial score (nSPS) is 18.1. The van der Waals surface area contributed by atoms with E-state index in [4.69, 9.17) is 4.18 Å². The van der Waals surface area contributed by atoms with Crippen LogP contribution in [0.2, 0.25) is 0 Å². The Morgan fingerprint density at radius 3 is 2.22 bits per heavy atom. The van der Waals surface area contributed by atoms with Crippen molar-refractivity contribution < 1.29 is 12.6 Å². The Balaban J connectivity index is 2.09. The minimum absolute atomic E-state index is 0.230. The molecular formula is C14H28O3S. The van der Waals surface area contributed by atoms with E-state index in [-0.39, 0.29) is 5.25 Å². The summed E-state index contributed by atoms with van der Waals surface area (Å²) in [6.45, 7) is 2.57. The summed E-state index contributed by atoms with van der Waals surface area (Å²) in [6, 6.07) is 0. The average molecular weight is 276 g/mol. The first-order valence-electron chi connectivity index (χ1n) is 7.55. The van der Waals surface area contributed by atoms with Gasteiger partial charge in [0.15, 0.2) is 0 Å². The number of rotatable bonds is 9. The number of hydrogen-bond donors (Lipinski definition) is 0. The SMILES string of the molecule is CCCCCCCCOS(=O)(=O)C1CCCCC1. The maximum atomic E-state index is 11.9. The zero-order valence-corrected chi connectivity index (χ0v) is 12.5. The van der Waals surface area contributed by atoms with Gasteiger partial charge in [0.05, 0.1) is 11.9 Å². The van der Waals surface area contributed by atoms with Crippen molar-refractivity contribution in [2.24, 2.45) is 0 Å². The molecule has 1 aliphatic rings. The molecule has 0 bridgehead atoms. The maximum Gasteiger partial charge on any atom is 0.270 e.